The molecule has 0 spiro atoms. The molecule has 2 aromatic carbocycles. The third-order valence-corrected chi connectivity index (χ3v) is 9.15. The van der Waals surface area contributed by atoms with E-state index in [1.807, 2.05) is 88.4 Å². The minimum absolute atomic E-state index is 0.105. The van der Waals surface area contributed by atoms with E-state index in [0.717, 1.165) is 11.1 Å². The zero-order chi connectivity index (χ0) is 38.1. The van der Waals surface area contributed by atoms with Crippen molar-refractivity contribution in [3.8, 4) is 0 Å². The highest BCUT2D eigenvalue weighted by molar-refractivity contribution is 5.65. The van der Waals surface area contributed by atoms with Crippen LogP contribution in [-0.2, 0) is 60.6 Å². The number of carbonyl (C=O) groups is 1. The molecule has 11 nitrogen and oxygen atoms in total. The van der Waals surface area contributed by atoms with Crippen molar-refractivity contribution in [2.75, 3.05) is 20.2 Å². The lowest BCUT2D eigenvalue weighted by atomic mass is 9.93. The van der Waals surface area contributed by atoms with Crippen molar-refractivity contribution < 1.29 is 52.5 Å². The van der Waals surface area contributed by atoms with Gasteiger partial charge < -0.3 is 47.7 Å². The van der Waals surface area contributed by atoms with Crippen molar-refractivity contribution in [2.24, 2.45) is 0 Å². The average molecular weight is 743 g/mol. The Balaban J connectivity index is 1.33. The summed E-state index contributed by atoms with van der Waals surface area (Å²) in [6.07, 6.45) is 4.50. The Hall–Kier alpha value is -2.71. The van der Waals surface area contributed by atoms with Gasteiger partial charge in [0.25, 0.3) is 0 Å². The largest absolute Gasteiger partial charge is 0.466 e. The minimum Gasteiger partial charge on any atom is -0.466 e. The summed E-state index contributed by atoms with van der Waals surface area (Å²) in [5.74, 6) is -1.97. The Kier molecular flexibility index (Phi) is 17.9. The fourth-order valence-electron chi connectivity index (χ4n) is 7.08. The molecule has 2 heterocycles. The van der Waals surface area contributed by atoms with Crippen LogP contribution in [0.5, 0.6) is 0 Å². The van der Waals surface area contributed by atoms with Crippen LogP contribution in [0.2, 0.25) is 0 Å². The first-order valence-corrected chi connectivity index (χ1v) is 19.0. The van der Waals surface area contributed by atoms with E-state index in [9.17, 15) is 9.90 Å². The van der Waals surface area contributed by atoms with Crippen molar-refractivity contribution in [2.45, 2.75) is 154 Å². The molecule has 0 aromatic heterocycles. The second-order valence-electron chi connectivity index (χ2n) is 15.0. The number of esters is 1. The summed E-state index contributed by atoms with van der Waals surface area (Å²) in [4.78, 5) is 11.5. The summed E-state index contributed by atoms with van der Waals surface area (Å²) in [6.45, 7) is 14.2. The lowest BCUT2D eigenvalue weighted by Crippen LogP contribution is -2.50. The van der Waals surface area contributed by atoms with E-state index in [0.29, 0.717) is 64.6 Å². The Labute approximate surface area is 316 Å². The monoisotopic (exact) mass is 742 g/mol. The average Bonchev–Trinajstić information content (AvgIpc) is 3.08. The molecule has 7 atom stereocenters. The van der Waals surface area contributed by atoms with Crippen molar-refractivity contribution >= 4 is 5.97 Å². The zero-order valence-corrected chi connectivity index (χ0v) is 32.3. The highest BCUT2D eigenvalue weighted by atomic mass is 16.7. The number of hydrogen-bond donors (Lipinski definition) is 1. The fourth-order valence-corrected chi connectivity index (χ4v) is 7.08. The van der Waals surface area contributed by atoms with Gasteiger partial charge in [-0.2, -0.15) is 0 Å². The molecule has 2 aliphatic rings. The second-order valence-corrected chi connectivity index (χ2v) is 15.0. The molecule has 0 unspecified atom stereocenters. The highest BCUT2D eigenvalue weighted by Crippen LogP contribution is 2.37. The van der Waals surface area contributed by atoms with E-state index >= 15 is 0 Å². The molecule has 0 amide bonds. The first-order valence-electron chi connectivity index (χ1n) is 19.0. The van der Waals surface area contributed by atoms with Gasteiger partial charge in [0, 0.05) is 45.4 Å². The molecule has 2 saturated heterocycles. The molecular weight excluding hydrogens is 680 g/mol. The third-order valence-electron chi connectivity index (χ3n) is 9.15. The van der Waals surface area contributed by atoms with Gasteiger partial charge in [-0.25, -0.2) is 0 Å². The molecule has 2 fully saturated rings. The molecule has 11 heteroatoms. The normalized spacial score (nSPS) is 24.2. The van der Waals surface area contributed by atoms with Crippen LogP contribution in [0.4, 0.5) is 0 Å². The topological polar surface area (TPSA) is 120 Å². The van der Waals surface area contributed by atoms with E-state index in [1.165, 1.54) is 6.92 Å². The predicted octanol–water partition coefficient (Wildman–Crippen LogP) is 7.38. The molecule has 1 N–H and O–H groups in total. The minimum atomic E-state index is -0.822. The Bertz CT molecular complexity index is 1320. The van der Waals surface area contributed by atoms with Gasteiger partial charge in [0.2, 0.25) is 0 Å². The lowest BCUT2D eigenvalue weighted by Gasteiger charge is -2.45. The molecular formula is C42H62O11. The molecule has 2 aliphatic heterocycles. The molecule has 2 aromatic rings. The van der Waals surface area contributed by atoms with Gasteiger partial charge in [0.1, 0.15) is 13.6 Å². The van der Waals surface area contributed by atoms with Crippen LogP contribution >= 0.6 is 0 Å². The van der Waals surface area contributed by atoms with Crippen LogP contribution in [0.3, 0.4) is 0 Å². The number of benzene rings is 2. The first kappa shape index (κ1) is 43.0. The van der Waals surface area contributed by atoms with Crippen molar-refractivity contribution in [3.05, 3.63) is 84.4 Å². The molecule has 0 bridgehead atoms. The maximum absolute atomic E-state index is 11.5. The Morgan fingerprint density at radius 1 is 0.792 bits per heavy atom. The number of aliphatic hydroxyl groups excluding tert-OH is 1. The summed E-state index contributed by atoms with van der Waals surface area (Å²) in [5, 5.41) is 10.6. The van der Waals surface area contributed by atoms with E-state index in [4.69, 9.17) is 42.6 Å². The number of rotatable bonds is 23. The quantitative estimate of drug-likeness (QED) is 0.0532. The molecule has 4 rings (SSSR count). The number of hydrogen-bond acceptors (Lipinski definition) is 11. The van der Waals surface area contributed by atoms with Crippen LogP contribution in [0.1, 0.15) is 97.1 Å². The van der Waals surface area contributed by atoms with Crippen LogP contribution in [0.15, 0.2) is 73.3 Å². The van der Waals surface area contributed by atoms with Crippen molar-refractivity contribution in [1.29, 1.82) is 0 Å². The van der Waals surface area contributed by atoms with Gasteiger partial charge in [0.05, 0.1) is 62.5 Å². The summed E-state index contributed by atoms with van der Waals surface area (Å²) >= 11 is 0. The smallest absolute Gasteiger partial charge is 0.302 e. The fraction of sp³-hybridized carbons (Fsp3) is 0.643. The van der Waals surface area contributed by atoms with Crippen LogP contribution < -0.4 is 0 Å². The zero-order valence-electron chi connectivity index (χ0n) is 32.3. The number of ether oxygens (including phenoxy) is 9. The SMILES string of the molecule is C=CC[C@H](O)C[C@H](C[C@@H]1C[C@@H](C[C@@H]2C[C@H](C[C@H](CCOC(C)=O)OCOCc3ccccc3)OC(C)(C)O2)OC(C)(C)O1)OCOCc1ccccc1. The van der Waals surface area contributed by atoms with Gasteiger partial charge in [-0.15, -0.1) is 6.58 Å². The summed E-state index contributed by atoms with van der Waals surface area (Å²) in [7, 11) is 0. The van der Waals surface area contributed by atoms with E-state index in [-0.39, 0.29) is 62.8 Å². The highest BCUT2D eigenvalue weighted by Gasteiger charge is 2.42. The lowest BCUT2D eigenvalue weighted by molar-refractivity contribution is -0.328. The van der Waals surface area contributed by atoms with Crippen molar-refractivity contribution in [1.82, 2.24) is 0 Å². The third kappa shape index (κ3) is 17.1. The maximum atomic E-state index is 11.5. The molecule has 53 heavy (non-hydrogen) atoms. The maximum Gasteiger partial charge on any atom is 0.302 e. The standard InChI is InChI=1S/C42H62O11/c1-7-14-34(44)21-36(49-30-46-28-33-17-12-9-13-18-33)23-38-25-40(53-42(5,6)51-38)26-39-24-37(50-41(3,4)52-39)22-35(19-20-47-31(2)43)48-29-45-27-32-15-10-8-11-16-32/h7-13,15-18,34-40,44H,1,14,19-30H2,2-6H3/t34-,35-,36+,37-,38+,39-,40-/m0/s1. The van der Waals surface area contributed by atoms with Gasteiger partial charge in [-0.05, 0) is 51.7 Å². The predicted molar refractivity (Wildman–Crippen MR) is 199 cm³/mol. The van der Waals surface area contributed by atoms with Gasteiger partial charge in [-0.3, -0.25) is 4.79 Å². The van der Waals surface area contributed by atoms with Crippen LogP contribution in [0.25, 0.3) is 0 Å². The molecule has 296 valence electrons. The van der Waals surface area contributed by atoms with E-state index < -0.39 is 17.7 Å². The van der Waals surface area contributed by atoms with Crippen molar-refractivity contribution in [3.63, 3.8) is 0 Å². The molecule has 0 radical (unpaired) electrons. The van der Waals surface area contributed by atoms with Gasteiger partial charge in [0.15, 0.2) is 11.6 Å². The summed E-state index contributed by atoms with van der Waals surface area (Å²) < 4.78 is 54.9. The Morgan fingerprint density at radius 3 is 1.75 bits per heavy atom. The summed E-state index contributed by atoms with van der Waals surface area (Å²) in [6, 6.07) is 19.9. The first-order chi connectivity index (χ1) is 25.4. The molecule has 0 aliphatic carbocycles. The van der Waals surface area contributed by atoms with E-state index in [2.05, 4.69) is 6.58 Å². The summed E-state index contributed by atoms with van der Waals surface area (Å²) in [5.41, 5.74) is 2.13. The second kappa shape index (κ2) is 22.0. The van der Waals surface area contributed by atoms with Crippen LogP contribution in [-0.4, -0.2) is 85.6 Å². The van der Waals surface area contributed by atoms with Gasteiger partial charge in [-0.1, -0.05) is 66.7 Å². The van der Waals surface area contributed by atoms with Gasteiger partial charge >= 0.3 is 5.97 Å². The van der Waals surface area contributed by atoms with E-state index in [1.54, 1.807) is 6.08 Å². The number of aliphatic hydroxyl groups is 1. The molecule has 0 saturated carbocycles. The Morgan fingerprint density at radius 2 is 1.26 bits per heavy atom. The van der Waals surface area contributed by atoms with Crippen LogP contribution in [0, 0.1) is 0 Å². The number of carbonyl (C=O) groups excluding carboxylic acids is 1.